The zero-order chi connectivity index (χ0) is 17.6. The average Bonchev–Trinajstić information content (AvgIpc) is 2.68. The van der Waals surface area contributed by atoms with Crippen molar-refractivity contribution in [3.63, 3.8) is 0 Å². The van der Waals surface area contributed by atoms with Crippen LogP contribution in [0.4, 0.5) is 39.8 Å². The number of hydrogen-bond acceptors (Lipinski definition) is 0. The molecule has 0 nitrogen and oxygen atoms in total. The summed E-state index contributed by atoms with van der Waals surface area (Å²) in [6.45, 7) is 2.42. The van der Waals surface area contributed by atoms with Crippen LogP contribution in [-0.4, -0.2) is 18.3 Å². The van der Waals surface area contributed by atoms with Crippen molar-refractivity contribution < 1.29 is 39.8 Å². The summed E-state index contributed by atoms with van der Waals surface area (Å²) in [4.78, 5) is 0. The van der Waals surface area contributed by atoms with E-state index in [2.05, 4.69) is 0 Å². The molecule has 0 aromatic rings. The molecule has 140 valence electrons. The molecule has 0 N–H and O–H groups in total. The van der Waals surface area contributed by atoms with Gasteiger partial charge in [0.25, 0.3) is 0 Å². The van der Waals surface area contributed by atoms with Crippen LogP contribution < -0.4 is 0 Å². The standard InChI is InChI=1S/C14H20F8.FH/c1-4-9-5-8(6-10(9)12(3,15)16)7-11(2,13(17,18)19)14(20,21)22;/h8-10H,4-7H2,1-3H3;1H. The average molecular weight is 360 g/mol. The first kappa shape index (κ1) is 22.4. The van der Waals surface area contributed by atoms with Gasteiger partial charge in [-0.1, -0.05) is 13.3 Å². The Kier molecular flexibility index (Phi) is 6.52. The monoisotopic (exact) mass is 360 g/mol. The second-order valence-electron chi connectivity index (χ2n) is 6.60. The molecule has 0 aromatic heterocycles. The maximum absolute atomic E-state index is 13.5. The molecule has 0 aliphatic heterocycles. The maximum atomic E-state index is 13.5. The number of alkyl halides is 8. The molecule has 1 aliphatic carbocycles. The van der Waals surface area contributed by atoms with Crippen LogP contribution in [0.15, 0.2) is 0 Å². The van der Waals surface area contributed by atoms with E-state index in [0.29, 0.717) is 13.3 Å². The Hall–Kier alpha value is -0.630. The smallest absolute Gasteiger partial charge is 0.269 e. The van der Waals surface area contributed by atoms with Crippen molar-refractivity contribution in [2.45, 2.75) is 64.7 Å². The third kappa shape index (κ3) is 4.47. The lowest BCUT2D eigenvalue weighted by molar-refractivity contribution is -0.339. The molecule has 1 fully saturated rings. The fraction of sp³-hybridized carbons (Fsp3) is 1.00. The van der Waals surface area contributed by atoms with Gasteiger partial charge in [0.05, 0.1) is 0 Å². The molecular weight excluding hydrogens is 339 g/mol. The normalized spacial score (nSPS) is 27.0. The molecule has 3 atom stereocenters. The van der Waals surface area contributed by atoms with E-state index < -0.39 is 47.9 Å². The highest BCUT2D eigenvalue weighted by atomic mass is 19.4. The minimum Gasteiger partial charge on any atom is -0.269 e. The molecule has 0 heterocycles. The van der Waals surface area contributed by atoms with Crippen molar-refractivity contribution in [2.75, 3.05) is 0 Å². The Morgan fingerprint density at radius 2 is 1.26 bits per heavy atom. The summed E-state index contributed by atoms with van der Waals surface area (Å²) in [7, 11) is 0. The first-order valence-corrected chi connectivity index (χ1v) is 7.14. The van der Waals surface area contributed by atoms with E-state index >= 15 is 0 Å². The van der Waals surface area contributed by atoms with E-state index in [1.54, 1.807) is 6.92 Å². The van der Waals surface area contributed by atoms with Gasteiger partial charge in [-0.3, -0.25) is 4.70 Å². The van der Waals surface area contributed by atoms with Crippen LogP contribution >= 0.6 is 0 Å². The topological polar surface area (TPSA) is 0 Å². The van der Waals surface area contributed by atoms with Gasteiger partial charge in [0, 0.05) is 5.92 Å². The summed E-state index contributed by atoms with van der Waals surface area (Å²) in [5.74, 6) is -5.81. The molecule has 0 amide bonds. The lowest BCUT2D eigenvalue weighted by Crippen LogP contribution is -2.48. The van der Waals surface area contributed by atoms with Crippen molar-refractivity contribution in [3.05, 3.63) is 0 Å². The third-order valence-electron chi connectivity index (χ3n) is 4.92. The molecule has 0 spiro atoms. The van der Waals surface area contributed by atoms with Crippen molar-refractivity contribution in [1.29, 1.82) is 0 Å². The molecule has 0 radical (unpaired) electrons. The molecule has 0 aromatic carbocycles. The quantitative estimate of drug-likeness (QED) is 0.511. The second-order valence-corrected chi connectivity index (χ2v) is 6.60. The van der Waals surface area contributed by atoms with Gasteiger partial charge in [0.15, 0.2) is 5.41 Å². The summed E-state index contributed by atoms with van der Waals surface area (Å²) < 4.78 is 104. The van der Waals surface area contributed by atoms with Gasteiger partial charge in [-0.15, -0.1) is 0 Å². The van der Waals surface area contributed by atoms with Gasteiger partial charge in [0.1, 0.15) is 0 Å². The highest BCUT2D eigenvalue weighted by molar-refractivity contribution is 4.96. The zero-order valence-electron chi connectivity index (χ0n) is 13.0. The fourth-order valence-corrected chi connectivity index (χ4v) is 3.45. The summed E-state index contributed by atoms with van der Waals surface area (Å²) in [6.07, 6.45) is -12.1. The molecule has 0 bridgehead atoms. The third-order valence-corrected chi connectivity index (χ3v) is 4.92. The summed E-state index contributed by atoms with van der Waals surface area (Å²) in [5, 5.41) is 0. The van der Waals surface area contributed by atoms with Crippen LogP contribution in [0.2, 0.25) is 0 Å². The van der Waals surface area contributed by atoms with Gasteiger partial charge in [-0.25, -0.2) is 8.78 Å². The Labute approximate surface area is 129 Å². The highest BCUT2D eigenvalue weighted by Crippen LogP contribution is 2.57. The Bertz CT molecular complexity index is 363. The molecule has 1 saturated carbocycles. The molecule has 1 aliphatic rings. The lowest BCUT2D eigenvalue weighted by atomic mass is 9.78. The van der Waals surface area contributed by atoms with Crippen molar-refractivity contribution in [1.82, 2.24) is 0 Å². The van der Waals surface area contributed by atoms with Crippen LogP contribution in [0.5, 0.6) is 0 Å². The zero-order valence-corrected chi connectivity index (χ0v) is 13.0. The molecule has 0 saturated heterocycles. The minimum atomic E-state index is -5.46. The Morgan fingerprint density at radius 1 is 0.826 bits per heavy atom. The van der Waals surface area contributed by atoms with Gasteiger partial charge in [0.2, 0.25) is 5.92 Å². The minimum absolute atomic E-state index is 0. The molecule has 23 heavy (non-hydrogen) atoms. The van der Waals surface area contributed by atoms with Crippen LogP contribution in [0.3, 0.4) is 0 Å². The molecule has 9 heteroatoms. The van der Waals surface area contributed by atoms with E-state index in [9.17, 15) is 35.1 Å². The van der Waals surface area contributed by atoms with Gasteiger partial charge in [-0.2, -0.15) is 26.3 Å². The van der Waals surface area contributed by atoms with Gasteiger partial charge >= 0.3 is 12.4 Å². The summed E-state index contributed by atoms with van der Waals surface area (Å²) in [5.41, 5.74) is -3.86. The molecule has 3 unspecified atom stereocenters. The number of halogens is 9. The van der Waals surface area contributed by atoms with Crippen molar-refractivity contribution in [2.24, 2.45) is 23.2 Å². The van der Waals surface area contributed by atoms with Crippen LogP contribution in [0.25, 0.3) is 0 Å². The predicted molar refractivity (Wildman–Crippen MR) is 68.0 cm³/mol. The Morgan fingerprint density at radius 3 is 1.52 bits per heavy atom. The maximum Gasteiger partial charge on any atom is 0.402 e. The van der Waals surface area contributed by atoms with Gasteiger partial charge < -0.3 is 0 Å². The number of hydrogen-bond donors (Lipinski definition) is 0. The van der Waals surface area contributed by atoms with Gasteiger partial charge in [-0.05, 0) is 44.9 Å². The summed E-state index contributed by atoms with van der Waals surface area (Å²) >= 11 is 0. The SMILES string of the molecule is CCC1CC(CC(C)(C(F)(F)F)C(F)(F)F)CC1C(C)(F)F.F. The second kappa shape index (κ2) is 6.70. The molecule has 1 rings (SSSR count). The highest BCUT2D eigenvalue weighted by Gasteiger charge is 2.68. The predicted octanol–water partition coefficient (Wildman–Crippen LogP) is 6.37. The fourth-order valence-electron chi connectivity index (χ4n) is 3.45. The van der Waals surface area contributed by atoms with Crippen LogP contribution in [-0.2, 0) is 0 Å². The summed E-state index contributed by atoms with van der Waals surface area (Å²) in [6, 6.07) is 0. The van der Waals surface area contributed by atoms with E-state index in [1.807, 2.05) is 0 Å². The van der Waals surface area contributed by atoms with E-state index in [-0.39, 0.29) is 24.5 Å². The first-order valence-electron chi connectivity index (χ1n) is 7.14. The largest absolute Gasteiger partial charge is 0.402 e. The van der Waals surface area contributed by atoms with Crippen LogP contribution in [0.1, 0.15) is 46.5 Å². The van der Waals surface area contributed by atoms with Crippen LogP contribution in [0, 0.1) is 23.2 Å². The van der Waals surface area contributed by atoms with Crippen molar-refractivity contribution in [3.8, 4) is 0 Å². The van der Waals surface area contributed by atoms with E-state index in [0.717, 1.165) is 0 Å². The van der Waals surface area contributed by atoms with E-state index in [1.165, 1.54) is 0 Å². The lowest BCUT2D eigenvalue weighted by Gasteiger charge is -2.36. The van der Waals surface area contributed by atoms with Crippen molar-refractivity contribution >= 4 is 0 Å². The first-order chi connectivity index (χ1) is 9.63. The number of rotatable bonds is 4. The van der Waals surface area contributed by atoms with E-state index in [4.69, 9.17) is 0 Å². The molecular formula is C14H21F9. The Balaban J connectivity index is 0.00000484.